The number of carbonyl (C=O) groups is 1. The van der Waals surface area contributed by atoms with Crippen molar-refractivity contribution < 1.29 is 9.53 Å². The highest BCUT2D eigenvalue weighted by atomic mass is 16.5. The number of ether oxygens (including phenoxy) is 1. The number of hydrogen-bond donors (Lipinski definition) is 0. The van der Waals surface area contributed by atoms with Crippen LogP contribution in [0.5, 0.6) is 0 Å². The van der Waals surface area contributed by atoms with Crippen molar-refractivity contribution in [3.05, 3.63) is 58.7 Å². The van der Waals surface area contributed by atoms with Gasteiger partial charge in [-0.3, -0.25) is 9.69 Å². The van der Waals surface area contributed by atoms with E-state index < -0.39 is 0 Å². The van der Waals surface area contributed by atoms with Crippen LogP contribution in [-0.4, -0.2) is 64.6 Å². The lowest BCUT2D eigenvalue weighted by atomic mass is 9.95. The number of amides is 1. The highest BCUT2D eigenvalue weighted by Crippen LogP contribution is 2.23. The van der Waals surface area contributed by atoms with Crippen LogP contribution in [0.15, 0.2) is 30.3 Å². The van der Waals surface area contributed by atoms with Crippen molar-refractivity contribution in [3.63, 3.8) is 0 Å². The molecule has 2 fully saturated rings. The number of likely N-dealkylation sites (tertiary alicyclic amines) is 1. The summed E-state index contributed by atoms with van der Waals surface area (Å²) in [6.07, 6.45) is 4.48. The Morgan fingerprint density at radius 1 is 1.09 bits per heavy atom. The molecule has 2 saturated heterocycles. The molecule has 0 bridgehead atoms. The Morgan fingerprint density at radius 2 is 1.88 bits per heavy atom. The third-order valence-electron chi connectivity index (χ3n) is 6.76. The summed E-state index contributed by atoms with van der Waals surface area (Å²) < 4.78 is 5.87. The Bertz CT molecular complexity index is 898. The Kier molecular flexibility index (Phi) is 7.53. The fourth-order valence-corrected chi connectivity index (χ4v) is 4.93. The number of hydrogen-bond acceptors (Lipinski definition) is 5. The molecule has 4 rings (SSSR count). The molecule has 1 aromatic carbocycles. The molecule has 0 spiro atoms. The van der Waals surface area contributed by atoms with Crippen molar-refractivity contribution in [2.45, 2.75) is 59.1 Å². The maximum atomic E-state index is 13.4. The number of nitrogens with zero attached hydrogens (tertiary/aromatic N) is 4. The third kappa shape index (κ3) is 5.93. The van der Waals surface area contributed by atoms with E-state index in [0.29, 0.717) is 24.0 Å². The van der Waals surface area contributed by atoms with E-state index in [1.165, 1.54) is 11.1 Å². The summed E-state index contributed by atoms with van der Waals surface area (Å²) in [6.45, 7) is 11.3. The first-order valence-corrected chi connectivity index (χ1v) is 12.0. The van der Waals surface area contributed by atoms with Crippen molar-refractivity contribution in [1.82, 2.24) is 19.8 Å². The van der Waals surface area contributed by atoms with Gasteiger partial charge in [-0.2, -0.15) is 0 Å². The van der Waals surface area contributed by atoms with Crippen molar-refractivity contribution in [2.75, 3.05) is 32.8 Å². The summed E-state index contributed by atoms with van der Waals surface area (Å²) in [4.78, 5) is 26.7. The Morgan fingerprint density at radius 3 is 2.56 bits per heavy atom. The third-order valence-corrected chi connectivity index (χ3v) is 6.76. The Hall–Kier alpha value is -2.31. The number of aryl methyl sites for hydroxylation is 3. The van der Waals surface area contributed by atoms with Gasteiger partial charge in [0.15, 0.2) is 0 Å². The normalized spacial score (nSPS) is 19.9. The molecular formula is C26H36N4O2. The lowest BCUT2D eigenvalue weighted by molar-refractivity contribution is 0.0440. The zero-order valence-corrected chi connectivity index (χ0v) is 19.7. The zero-order chi connectivity index (χ0) is 22.5. The SMILES string of the molecule is Cc1cc(C(=O)N(CC2CCN(Cc3ccccc3C)CC2)CC2CCCO2)nc(C)n1. The van der Waals surface area contributed by atoms with Crippen molar-refractivity contribution in [1.29, 1.82) is 0 Å². The minimum Gasteiger partial charge on any atom is -0.376 e. The molecule has 0 N–H and O–H groups in total. The van der Waals surface area contributed by atoms with E-state index in [9.17, 15) is 4.79 Å². The minimum absolute atomic E-state index is 0.0106. The van der Waals surface area contributed by atoms with E-state index >= 15 is 0 Å². The lowest BCUT2D eigenvalue weighted by Crippen LogP contribution is -2.44. The standard InChI is InChI=1S/C26H36N4O2/c1-19-7-4-5-8-23(19)17-29-12-10-22(11-13-29)16-30(18-24-9-6-14-32-24)26(31)25-15-20(2)27-21(3)28-25/h4-5,7-8,15,22,24H,6,9-14,16-18H2,1-3H3. The topological polar surface area (TPSA) is 58.6 Å². The Labute approximate surface area is 192 Å². The summed E-state index contributed by atoms with van der Waals surface area (Å²) in [5.74, 6) is 1.17. The fraction of sp³-hybridized carbons (Fsp3) is 0.577. The van der Waals surface area contributed by atoms with Crippen LogP contribution in [-0.2, 0) is 11.3 Å². The highest BCUT2D eigenvalue weighted by molar-refractivity contribution is 5.92. The average molecular weight is 437 g/mol. The van der Waals surface area contributed by atoms with Crippen LogP contribution < -0.4 is 0 Å². The van der Waals surface area contributed by atoms with Gasteiger partial charge in [0.1, 0.15) is 11.5 Å². The van der Waals surface area contributed by atoms with E-state index in [4.69, 9.17) is 4.74 Å². The molecule has 0 aliphatic carbocycles. The van der Waals surface area contributed by atoms with E-state index in [1.54, 1.807) is 0 Å². The summed E-state index contributed by atoms with van der Waals surface area (Å²) in [5.41, 5.74) is 4.11. The van der Waals surface area contributed by atoms with Gasteiger partial charge in [0.25, 0.3) is 5.91 Å². The summed E-state index contributed by atoms with van der Waals surface area (Å²) in [6, 6.07) is 10.5. The van der Waals surface area contributed by atoms with E-state index in [1.807, 2.05) is 24.8 Å². The predicted molar refractivity (Wildman–Crippen MR) is 126 cm³/mol. The molecule has 32 heavy (non-hydrogen) atoms. The van der Waals surface area contributed by atoms with Crippen molar-refractivity contribution in [2.24, 2.45) is 5.92 Å². The van der Waals surface area contributed by atoms with Crippen LogP contribution in [0.2, 0.25) is 0 Å². The van der Waals surface area contributed by atoms with E-state index in [0.717, 1.165) is 64.2 Å². The van der Waals surface area contributed by atoms with Crippen LogP contribution >= 0.6 is 0 Å². The predicted octanol–water partition coefficient (Wildman–Crippen LogP) is 3.94. The first-order chi connectivity index (χ1) is 15.5. The fourth-order valence-electron chi connectivity index (χ4n) is 4.93. The quantitative estimate of drug-likeness (QED) is 0.658. The molecule has 2 aliphatic heterocycles. The average Bonchev–Trinajstić information content (AvgIpc) is 3.28. The summed E-state index contributed by atoms with van der Waals surface area (Å²) >= 11 is 0. The lowest BCUT2D eigenvalue weighted by Gasteiger charge is -2.35. The molecule has 2 aliphatic rings. The molecule has 2 aromatic rings. The first kappa shape index (κ1) is 22.9. The molecule has 6 heteroatoms. The molecule has 172 valence electrons. The summed E-state index contributed by atoms with van der Waals surface area (Å²) in [5, 5.41) is 0. The monoisotopic (exact) mass is 436 g/mol. The molecule has 1 amide bonds. The second-order valence-corrected chi connectivity index (χ2v) is 9.43. The summed E-state index contributed by atoms with van der Waals surface area (Å²) in [7, 11) is 0. The van der Waals surface area contributed by atoms with E-state index in [-0.39, 0.29) is 12.0 Å². The van der Waals surface area contributed by atoms with Gasteiger partial charge < -0.3 is 9.64 Å². The molecule has 1 aromatic heterocycles. The number of aromatic nitrogens is 2. The van der Waals surface area contributed by atoms with Gasteiger partial charge in [0.05, 0.1) is 6.10 Å². The highest BCUT2D eigenvalue weighted by Gasteiger charge is 2.28. The smallest absolute Gasteiger partial charge is 0.272 e. The maximum absolute atomic E-state index is 13.4. The minimum atomic E-state index is 0.0106. The number of piperidine rings is 1. The molecule has 6 nitrogen and oxygen atoms in total. The second kappa shape index (κ2) is 10.5. The van der Waals surface area contributed by atoms with Gasteiger partial charge in [-0.25, -0.2) is 9.97 Å². The van der Waals surface area contributed by atoms with Crippen LogP contribution in [0.3, 0.4) is 0 Å². The Balaban J connectivity index is 1.39. The molecule has 0 saturated carbocycles. The van der Waals surface area contributed by atoms with Gasteiger partial charge in [0.2, 0.25) is 0 Å². The zero-order valence-electron chi connectivity index (χ0n) is 19.7. The second-order valence-electron chi connectivity index (χ2n) is 9.43. The van der Waals surface area contributed by atoms with Crippen LogP contribution in [0, 0.1) is 26.7 Å². The van der Waals surface area contributed by atoms with E-state index in [2.05, 4.69) is 46.1 Å². The molecule has 1 unspecified atom stereocenters. The number of benzene rings is 1. The molecule has 1 atom stereocenters. The van der Waals surface area contributed by atoms with Gasteiger partial charge in [-0.1, -0.05) is 24.3 Å². The molecule has 3 heterocycles. The molecule has 0 radical (unpaired) electrons. The number of carbonyl (C=O) groups excluding carboxylic acids is 1. The van der Waals surface area contributed by atoms with Crippen molar-refractivity contribution in [3.8, 4) is 0 Å². The van der Waals surface area contributed by atoms with Gasteiger partial charge >= 0.3 is 0 Å². The van der Waals surface area contributed by atoms with Gasteiger partial charge in [-0.05, 0) is 82.7 Å². The van der Waals surface area contributed by atoms with Crippen LogP contribution in [0.4, 0.5) is 0 Å². The van der Waals surface area contributed by atoms with Crippen molar-refractivity contribution >= 4 is 5.91 Å². The number of rotatable bonds is 7. The van der Waals surface area contributed by atoms with Gasteiger partial charge in [0, 0.05) is 31.9 Å². The molecular weight excluding hydrogens is 400 g/mol. The van der Waals surface area contributed by atoms with Gasteiger partial charge in [-0.15, -0.1) is 0 Å². The first-order valence-electron chi connectivity index (χ1n) is 12.0. The maximum Gasteiger partial charge on any atom is 0.272 e. The van der Waals surface area contributed by atoms with Crippen LogP contribution in [0.25, 0.3) is 0 Å². The largest absolute Gasteiger partial charge is 0.376 e. The van der Waals surface area contributed by atoms with Crippen LogP contribution in [0.1, 0.15) is 58.8 Å².